The summed E-state index contributed by atoms with van der Waals surface area (Å²) in [5.74, 6) is 0.0164. The van der Waals surface area contributed by atoms with E-state index in [9.17, 15) is 14.7 Å². The lowest BCUT2D eigenvalue weighted by Crippen LogP contribution is -2.46. The van der Waals surface area contributed by atoms with Crippen LogP contribution in [-0.4, -0.2) is 82.7 Å². The number of ether oxygens (including phenoxy) is 1. The first-order valence-corrected chi connectivity index (χ1v) is 18.0. The molecule has 1 aromatic heterocycles. The Labute approximate surface area is 292 Å². The number of benzene rings is 4. The van der Waals surface area contributed by atoms with Gasteiger partial charge in [0.15, 0.2) is 0 Å². The van der Waals surface area contributed by atoms with Gasteiger partial charge in [-0.3, -0.25) is 14.5 Å². The van der Waals surface area contributed by atoms with Crippen molar-refractivity contribution in [1.82, 2.24) is 20.1 Å². The number of rotatable bonds is 12. The summed E-state index contributed by atoms with van der Waals surface area (Å²) in [7, 11) is 0. The lowest BCUT2D eigenvalue weighted by molar-refractivity contribution is 0.0365. The summed E-state index contributed by atoms with van der Waals surface area (Å²) < 4.78 is 7.69. The molecule has 2 amide bonds. The molecule has 5 aromatic rings. The van der Waals surface area contributed by atoms with E-state index in [2.05, 4.69) is 50.4 Å². The summed E-state index contributed by atoms with van der Waals surface area (Å²) in [5, 5.41) is 21.2. The fraction of sp³-hybridized carbons (Fsp3) is 0.350. The van der Waals surface area contributed by atoms with Crippen molar-refractivity contribution in [2.75, 3.05) is 38.6 Å². The van der Waals surface area contributed by atoms with Crippen LogP contribution in [0, 0.1) is 0 Å². The highest BCUT2D eigenvalue weighted by Crippen LogP contribution is 2.27. The average Bonchev–Trinajstić information content (AvgIpc) is 3.52. The third-order valence-electron chi connectivity index (χ3n) is 8.93. The molecule has 0 bridgehead atoms. The molecule has 1 aliphatic rings. The van der Waals surface area contributed by atoms with E-state index in [-0.39, 0.29) is 18.2 Å². The second kappa shape index (κ2) is 15.6. The van der Waals surface area contributed by atoms with Gasteiger partial charge in [-0.05, 0) is 73.5 Å². The third-order valence-corrected chi connectivity index (χ3v) is 10.0. The summed E-state index contributed by atoms with van der Waals surface area (Å²) in [6.07, 6.45) is 1.31. The number of nitrogens with zero attached hydrogens (tertiary/aromatic N) is 2. The standard InChI is InChI=1S/C40H46N4O4S/c1-40(2,3)42-39(47)32-12-7-6-11-30(32)26-37(45)35(27-49-31-16-15-28-9-4-5-10-29(28)25-31)41-38(46)34-13-8-14-36-33(34)17-18-44(36)20-19-43-21-23-48-24-22-43/h4-18,25,35,37,45H,19-24,26-27H2,1-3H3,(H,41,46)(H,42,47). The second-order valence-corrected chi connectivity index (χ2v) is 14.8. The van der Waals surface area contributed by atoms with Crippen molar-refractivity contribution in [3.05, 3.63) is 114 Å². The van der Waals surface area contributed by atoms with Crippen molar-refractivity contribution < 1.29 is 19.4 Å². The summed E-state index contributed by atoms with van der Waals surface area (Å²) in [6.45, 7) is 10.9. The molecule has 256 valence electrons. The number of amides is 2. The highest BCUT2D eigenvalue weighted by Gasteiger charge is 2.26. The van der Waals surface area contributed by atoms with Gasteiger partial charge in [0.05, 0.1) is 25.4 Å². The van der Waals surface area contributed by atoms with Gasteiger partial charge in [0.25, 0.3) is 11.8 Å². The van der Waals surface area contributed by atoms with Crippen LogP contribution in [0.4, 0.5) is 0 Å². The predicted molar refractivity (Wildman–Crippen MR) is 198 cm³/mol. The van der Waals surface area contributed by atoms with Crippen LogP contribution in [0.15, 0.2) is 102 Å². The molecule has 8 nitrogen and oxygen atoms in total. The summed E-state index contributed by atoms with van der Waals surface area (Å²) in [4.78, 5) is 30.7. The average molecular weight is 679 g/mol. The van der Waals surface area contributed by atoms with Crippen LogP contribution >= 0.6 is 11.8 Å². The molecular formula is C40H46N4O4S. The monoisotopic (exact) mass is 678 g/mol. The molecule has 4 aromatic carbocycles. The number of aliphatic hydroxyl groups excluding tert-OH is 1. The molecule has 1 saturated heterocycles. The fourth-order valence-corrected chi connectivity index (χ4v) is 7.38. The molecule has 1 fully saturated rings. The van der Waals surface area contributed by atoms with Crippen LogP contribution in [0.25, 0.3) is 21.7 Å². The number of nitrogens with one attached hydrogen (secondary N) is 2. The summed E-state index contributed by atoms with van der Waals surface area (Å²) in [6, 6.07) is 29.1. The maximum absolute atomic E-state index is 14.0. The van der Waals surface area contributed by atoms with Gasteiger partial charge in [-0.25, -0.2) is 0 Å². The Bertz CT molecular complexity index is 1910. The van der Waals surface area contributed by atoms with Crippen molar-refractivity contribution in [1.29, 1.82) is 0 Å². The Morgan fingerprint density at radius 2 is 1.59 bits per heavy atom. The Hall–Kier alpha value is -4.15. The van der Waals surface area contributed by atoms with Crippen LogP contribution in [0.1, 0.15) is 47.1 Å². The summed E-state index contributed by atoms with van der Waals surface area (Å²) >= 11 is 1.59. The molecule has 6 rings (SSSR count). The normalized spacial score (nSPS) is 15.3. The first kappa shape index (κ1) is 34.7. The number of fused-ring (bicyclic) bond motifs is 2. The van der Waals surface area contributed by atoms with Crippen LogP contribution in [0.2, 0.25) is 0 Å². The van der Waals surface area contributed by atoms with Crippen molar-refractivity contribution in [2.45, 2.75) is 56.3 Å². The predicted octanol–water partition coefficient (Wildman–Crippen LogP) is 6.15. The van der Waals surface area contributed by atoms with E-state index in [1.807, 2.05) is 81.6 Å². The smallest absolute Gasteiger partial charge is 0.252 e. The van der Waals surface area contributed by atoms with Crippen LogP contribution < -0.4 is 10.6 Å². The highest BCUT2D eigenvalue weighted by molar-refractivity contribution is 7.99. The van der Waals surface area contributed by atoms with Crippen LogP contribution in [-0.2, 0) is 17.7 Å². The topological polar surface area (TPSA) is 95.8 Å². The second-order valence-electron chi connectivity index (χ2n) is 13.7. The quantitative estimate of drug-likeness (QED) is 0.137. The van der Waals surface area contributed by atoms with E-state index < -0.39 is 17.7 Å². The van der Waals surface area contributed by atoms with Crippen molar-refractivity contribution in [3.8, 4) is 0 Å². The minimum atomic E-state index is -0.946. The Morgan fingerprint density at radius 1 is 0.857 bits per heavy atom. The molecule has 9 heteroatoms. The molecule has 2 atom stereocenters. The molecular weight excluding hydrogens is 633 g/mol. The number of carbonyl (C=O) groups excluding carboxylic acids is 2. The van der Waals surface area contributed by atoms with Gasteiger partial charge in [-0.1, -0.05) is 54.6 Å². The third kappa shape index (κ3) is 8.91. The summed E-state index contributed by atoms with van der Waals surface area (Å²) in [5.41, 5.74) is 2.42. The van der Waals surface area contributed by atoms with Gasteiger partial charge in [-0.15, -0.1) is 11.8 Å². The number of hydrogen-bond donors (Lipinski definition) is 3. The molecule has 2 heterocycles. The zero-order chi connectivity index (χ0) is 34.4. The zero-order valence-electron chi connectivity index (χ0n) is 28.5. The zero-order valence-corrected chi connectivity index (χ0v) is 29.3. The van der Waals surface area contributed by atoms with E-state index in [1.54, 1.807) is 17.8 Å². The number of aliphatic hydroxyl groups is 1. The van der Waals surface area contributed by atoms with Gasteiger partial charge in [-0.2, -0.15) is 0 Å². The maximum atomic E-state index is 14.0. The molecule has 1 aliphatic heterocycles. The van der Waals surface area contributed by atoms with Gasteiger partial charge < -0.3 is 25.0 Å². The Morgan fingerprint density at radius 3 is 2.39 bits per heavy atom. The minimum absolute atomic E-state index is 0.189. The van der Waals surface area contributed by atoms with Gasteiger partial charge in [0.2, 0.25) is 0 Å². The van der Waals surface area contributed by atoms with Gasteiger partial charge in [0.1, 0.15) is 0 Å². The first-order chi connectivity index (χ1) is 23.6. The lowest BCUT2D eigenvalue weighted by atomic mass is 9.97. The fourth-order valence-electron chi connectivity index (χ4n) is 6.32. The van der Waals surface area contributed by atoms with Crippen molar-refractivity contribution in [2.24, 2.45) is 0 Å². The molecule has 0 radical (unpaired) electrons. The van der Waals surface area contributed by atoms with Crippen LogP contribution in [0.3, 0.4) is 0 Å². The van der Waals surface area contributed by atoms with E-state index in [0.29, 0.717) is 16.9 Å². The van der Waals surface area contributed by atoms with E-state index in [4.69, 9.17) is 4.74 Å². The number of morpholine rings is 1. The van der Waals surface area contributed by atoms with Crippen molar-refractivity contribution >= 4 is 45.3 Å². The number of hydrogen-bond acceptors (Lipinski definition) is 6. The molecule has 2 unspecified atom stereocenters. The van der Waals surface area contributed by atoms with E-state index in [0.717, 1.165) is 71.5 Å². The molecule has 0 spiro atoms. The van der Waals surface area contributed by atoms with Gasteiger partial charge in [0, 0.05) is 77.0 Å². The largest absolute Gasteiger partial charge is 0.391 e. The highest BCUT2D eigenvalue weighted by atomic mass is 32.2. The molecule has 0 aliphatic carbocycles. The number of carbonyl (C=O) groups is 2. The molecule has 3 N–H and O–H groups in total. The minimum Gasteiger partial charge on any atom is -0.391 e. The van der Waals surface area contributed by atoms with Crippen molar-refractivity contribution in [3.63, 3.8) is 0 Å². The molecule has 49 heavy (non-hydrogen) atoms. The number of thioether (sulfide) groups is 1. The first-order valence-electron chi connectivity index (χ1n) is 17.0. The van der Waals surface area contributed by atoms with Gasteiger partial charge >= 0.3 is 0 Å². The van der Waals surface area contributed by atoms with Crippen LogP contribution in [0.5, 0.6) is 0 Å². The molecule has 0 saturated carbocycles. The van der Waals surface area contributed by atoms with E-state index >= 15 is 0 Å². The number of aromatic nitrogens is 1. The SMILES string of the molecule is CC(C)(C)NC(=O)c1ccccc1CC(O)C(CSc1ccc2ccccc2c1)NC(=O)c1cccc2c1ccn2CCN1CCOCC1. The lowest BCUT2D eigenvalue weighted by Gasteiger charge is -2.26. The van der Waals surface area contributed by atoms with E-state index in [1.165, 1.54) is 0 Å². The Kier molecular flexibility index (Phi) is 11.0. The Balaban J connectivity index is 1.23. The maximum Gasteiger partial charge on any atom is 0.252 e.